The first-order valence-corrected chi connectivity index (χ1v) is 5.55. The topological polar surface area (TPSA) is 66.5 Å². The van der Waals surface area contributed by atoms with E-state index in [1.165, 1.54) is 6.07 Å². The molecule has 1 atom stereocenters. The molecule has 0 spiro atoms. The number of nitrogens with zero attached hydrogens (tertiary/aromatic N) is 3. The number of halogens is 2. The van der Waals surface area contributed by atoms with Gasteiger partial charge in [0.1, 0.15) is 0 Å². The van der Waals surface area contributed by atoms with Gasteiger partial charge in [0, 0.05) is 32.4 Å². The minimum Gasteiger partial charge on any atom is -0.370 e. The molecule has 1 saturated heterocycles. The van der Waals surface area contributed by atoms with E-state index in [1.807, 2.05) is 4.90 Å². The van der Waals surface area contributed by atoms with E-state index in [9.17, 15) is 4.39 Å². The molecule has 1 unspecified atom stereocenters. The monoisotopic (exact) mass is 365 g/mol. The summed E-state index contributed by atoms with van der Waals surface area (Å²) in [6, 6.07) is 3.21. The summed E-state index contributed by atoms with van der Waals surface area (Å²) in [4.78, 5) is 9.81. The van der Waals surface area contributed by atoms with Crippen molar-refractivity contribution in [1.29, 1.82) is 0 Å². The summed E-state index contributed by atoms with van der Waals surface area (Å²) in [7, 11) is 1.63. The van der Waals surface area contributed by atoms with Crippen molar-refractivity contribution in [1.82, 2.24) is 10.3 Å². The van der Waals surface area contributed by atoms with Crippen molar-refractivity contribution in [2.75, 3.05) is 25.0 Å². The molecule has 0 aliphatic carbocycles. The third kappa shape index (κ3) is 3.44. The lowest BCUT2D eigenvalue weighted by molar-refractivity contribution is 0.613. The van der Waals surface area contributed by atoms with E-state index in [2.05, 4.69) is 15.3 Å². The minimum absolute atomic E-state index is 0. The van der Waals surface area contributed by atoms with Crippen LogP contribution in [0.25, 0.3) is 0 Å². The maximum Gasteiger partial charge on any atom is 0.188 e. The van der Waals surface area contributed by atoms with Gasteiger partial charge in [-0.2, -0.15) is 0 Å². The van der Waals surface area contributed by atoms with Crippen molar-refractivity contribution in [3.8, 4) is 0 Å². The molecule has 7 heteroatoms. The Morgan fingerprint density at radius 3 is 3.11 bits per heavy atom. The van der Waals surface area contributed by atoms with E-state index >= 15 is 0 Å². The number of pyridine rings is 1. The maximum atomic E-state index is 13.5. The fourth-order valence-corrected chi connectivity index (χ4v) is 1.95. The van der Waals surface area contributed by atoms with E-state index in [4.69, 9.17) is 5.73 Å². The number of aliphatic imine (C=N–C) groups is 1. The largest absolute Gasteiger partial charge is 0.370 e. The number of anilines is 1. The van der Waals surface area contributed by atoms with Crippen molar-refractivity contribution in [3.63, 3.8) is 0 Å². The van der Waals surface area contributed by atoms with Crippen molar-refractivity contribution in [2.45, 2.75) is 12.5 Å². The summed E-state index contributed by atoms with van der Waals surface area (Å²) in [5.41, 5.74) is 5.60. The quantitative estimate of drug-likeness (QED) is 0.465. The molecule has 100 valence electrons. The Morgan fingerprint density at radius 2 is 2.44 bits per heavy atom. The summed E-state index contributed by atoms with van der Waals surface area (Å²) in [6.07, 6.45) is 2.49. The normalized spacial score (nSPS) is 19.6. The first-order chi connectivity index (χ1) is 8.20. The highest BCUT2D eigenvalue weighted by molar-refractivity contribution is 14.0. The van der Waals surface area contributed by atoms with Crippen LogP contribution in [0.1, 0.15) is 6.42 Å². The molecule has 1 aliphatic rings. The molecule has 0 aromatic carbocycles. The molecule has 1 aliphatic heterocycles. The zero-order chi connectivity index (χ0) is 12.3. The summed E-state index contributed by atoms with van der Waals surface area (Å²) >= 11 is 0. The van der Waals surface area contributed by atoms with Gasteiger partial charge in [0.05, 0.1) is 0 Å². The van der Waals surface area contributed by atoms with Gasteiger partial charge >= 0.3 is 0 Å². The zero-order valence-electron chi connectivity index (χ0n) is 10.1. The third-order valence-electron chi connectivity index (χ3n) is 2.82. The second-order valence-corrected chi connectivity index (χ2v) is 3.99. The number of hydrogen-bond acceptors (Lipinski definition) is 3. The molecule has 2 heterocycles. The standard InChI is InChI=1S/C11H16FN5.HI/c1-14-11(13)16-8-4-6-17(7-8)10-9(12)3-2-5-15-10;/h2-3,5,8H,4,6-7H2,1H3,(H3,13,14,16);1H. The Hall–Kier alpha value is -1.12. The lowest BCUT2D eigenvalue weighted by Gasteiger charge is -2.18. The lowest BCUT2D eigenvalue weighted by atomic mass is 10.3. The van der Waals surface area contributed by atoms with Crippen molar-refractivity contribution in [2.24, 2.45) is 10.7 Å². The van der Waals surface area contributed by atoms with Crippen LogP contribution in [0, 0.1) is 5.82 Å². The predicted molar refractivity (Wildman–Crippen MR) is 80.9 cm³/mol. The number of rotatable bonds is 2. The fourth-order valence-electron chi connectivity index (χ4n) is 1.95. The van der Waals surface area contributed by atoms with Crippen LogP contribution < -0.4 is 16.0 Å². The van der Waals surface area contributed by atoms with E-state index in [-0.39, 0.29) is 35.8 Å². The first kappa shape index (κ1) is 14.9. The summed E-state index contributed by atoms with van der Waals surface area (Å²) in [6.45, 7) is 1.45. The molecule has 0 radical (unpaired) electrons. The Kier molecular flexibility index (Phi) is 5.57. The van der Waals surface area contributed by atoms with Crippen LogP contribution in [0.5, 0.6) is 0 Å². The fraction of sp³-hybridized carbons (Fsp3) is 0.455. The van der Waals surface area contributed by atoms with E-state index in [0.717, 1.165) is 13.0 Å². The summed E-state index contributed by atoms with van der Waals surface area (Å²) < 4.78 is 13.5. The molecule has 0 saturated carbocycles. The number of aromatic nitrogens is 1. The minimum atomic E-state index is -0.287. The SMILES string of the molecule is CN=C(N)NC1CCN(c2ncccc2F)C1.I. The van der Waals surface area contributed by atoms with Gasteiger partial charge in [-0.25, -0.2) is 9.37 Å². The van der Waals surface area contributed by atoms with Gasteiger partial charge in [0.15, 0.2) is 17.6 Å². The molecule has 3 N–H and O–H groups in total. The number of nitrogens with two attached hydrogens (primary N) is 1. The molecule has 18 heavy (non-hydrogen) atoms. The number of guanidine groups is 1. The van der Waals surface area contributed by atoms with Crippen LogP contribution in [-0.2, 0) is 0 Å². The Labute approximate surface area is 123 Å². The van der Waals surface area contributed by atoms with E-state index < -0.39 is 0 Å². The average molecular weight is 365 g/mol. The zero-order valence-corrected chi connectivity index (χ0v) is 12.5. The Morgan fingerprint density at radius 1 is 1.67 bits per heavy atom. The van der Waals surface area contributed by atoms with Crippen LogP contribution in [0.4, 0.5) is 10.2 Å². The molecular formula is C11H17FIN5. The van der Waals surface area contributed by atoms with Gasteiger partial charge in [-0.1, -0.05) is 0 Å². The maximum absolute atomic E-state index is 13.5. The van der Waals surface area contributed by atoms with Gasteiger partial charge in [0.25, 0.3) is 0 Å². The van der Waals surface area contributed by atoms with Gasteiger partial charge in [-0.05, 0) is 18.6 Å². The smallest absolute Gasteiger partial charge is 0.188 e. The number of hydrogen-bond donors (Lipinski definition) is 2. The van der Waals surface area contributed by atoms with Gasteiger partial charge in [0.2, 0.25) is 0 Å². The molecule has 2 rings (SSSR count). The first-order valence-electron chi connectivity index (χ1n) is 5.55. The summed E-state index contributed by atoms with van der Waals surface area (Å²) in [5.74, 6) is 0.535. The van der Waals surface area contributed by atoms with Crippen LogP contribution in [0.2, 0.25) is 0 Å². The third-order valence-corrected chi connectivity index (χ3v) is 2.82. The Bertz CT molecular complexity index is 426. The van der Waals surface area contributed by atoms with Crippen LogP contribution in [-0.4, -0.2) is 37.1 Å². The lowest BCUT2D eigenvalue weighted by Crippen LogP contribution is -2.41. The highest BCUT2D eigenvalue weighted by Crippen LogP contribution is 2.20. The number of nitrogens with one attached hydrogen (secondary N) is 1. The van der Waals surface area contributed by atoms with Gasteiger partial charge < -0.3 is 16.0 Å². The molecule has 5 nitrogen and oxygen atoms in total. The predicted octanol–water partition coefficient (Wildman–Crippen LogP) is 0.952. The van der Waals surface area contributed by atoms with Crippen LogP contribution in [0.15, 0.2) is 23.3 Å². The molecule has 1 aromatic heterocycles. The van der Waals surface area contributed by atoms with E-state index in [0.29, 0.717) is 18.3 Å². The van der Waals surface area contributed by atoms with Crippen molar-refractivity contribution < 1.29 is 4.39 Å². The molecule has 1 aromatic rings. The molecular weight excluding hydrogens is 348 g/mol. The van der Waals surface area contributed by atoms with Crippen molar-refractivity contribution >= 4 is 35.8 Å². The van der Waals surface area contributed by atoms with Crippen LogP contribution >= 0.6 is 24.0 Å². The van der Waals surface area contributed by atoms with Gasteiger partial charge in [-0.15, -0.1) is 24.0 Å². The van der Waals surface area contributed by atoms with Crippen molar-refractivity contribution in [3.05, 3.63) is 24.1 Å². The Balaban J connectivity index is 0.00000162. The highest BCUT2D eigenvalue weighted by Gasteiger charge is 2.25. The molecule has 0 amide bonds. The highest BCUT2D eigenvalue weighted by atomic mass is 127. The summed E-state index contributed by atoms with van der Waals surface area (Å²) in [5, 5.41) is 3.08. The van der Waals surface area contributed by atoms with E-state index in [1.54, 1.807) is 19.3 Å². The molecule has 0 bridgehead atoms. The average Bonchev–Trinajstić information content (AvgIpc) is 2.78. The van der Waals surface area contributed by atoms with Gasteiger partial charge in [-0.3, -0.25) is 4.99 Å². The second-order valence-electron chi connectivity index (χ2n) is 3.99. The van der Waals surface area contributed by atoms with Crippen LogP contribution in [0.3, 0.4) is 0 Å². The second kappa shape index (κ2) is 6.72. The molecule has 1 fully saturated rings.